The summed E-state index contributed by atoms with van der Waals surface area (Å²) in [6.07, 6.45) is 1.88. The summed E-state index contributed by atoms with van der Waals surface area (Å²) in [4.78, 5) is 54.1. The molecule has 4 atom stereocenters. The third-order valence-corrected chi connectivity index (χ3v) is 9.43. The summed E-state index contributed by atoms with van der Waals surface area (Å²) >= 11 is 12.5. The Hall–Kier alpha value is -4.06. The maximum atomic E-state index is 16.0. The van der Waals surface area contributed by atoms with Crippen molar-refractivity contribution in [3.63, 3.8) is 0 Å². The largest absolute Gasteiger partial charge is 0.465 e. The fourth-order valence-electron chi connectivity index (χ4n) is 6.81. The van der Waals surface area contributed by atoms with E-state index < -0.39 is 57.6 Å². The Bertz CT molecular complexity index is 1730. The van der Waals surface area contributed by atoms with Crippen LogP contribution in [0.25, 0.3) is 0 Å². The highest BCUT2D eigenvalue weighted by molar-refractivity contribution is 6.31. The van der Waals surface area contributed by atoms with Gasteiger partial charge in [0, 0.05) is 40.8 Å². The summed E-state index contributed by atoms with van der Waals surface area (Å²) in [5.41, 5.74) is -1.20. The molecule has 2 heterocycles. The first-order chi connectivity index (χ1) is 21.0. The third-order valence-electron chi connectivity index (χ3n) is 8.90. The van der Waals surface area contributed by atoms with E-state index in [1.54, 1.807) is 31.2 Å². The second-order valence-electron chi connectivity index (χ2n) is 11.4. The van der Waals surface area contributed by atoms with Crippen molar-refractivity contribution in [2.45, 2.75) is 37.3 Å². The molecule has 2 N–H and O–H groups in total. The number of hydrogen-bond donors (Lipinski definition) is 2. The van der Waals surface area contributed by atoms with Crippen LogP contribution >= 0.6 is 23.2 Å². The smallest absolute Gasteiger partial charge is 0.337 e. The minimum absolute atomic E-state index is 0.0156. The lowest BCUT2D eigenvalue weighted by molar-refractivity contribution is -0.383. The van der Waals surface area contributed by atoms with E-state index in [1.165, 1.54) is 18.2 Å². The van der Waals surface area contributed by atoms with Gasteiger partial charge in [0.05, 0.1) is 28.5 Å². The fraction of sp³-hybridized carbons (Fsp3) is 0.323. The Morgan fingerprint density at radius 2 is 1.93 bits per heavy atom. The zero-order valence-electron chi connectivity index (χ0n) is 23.6. The number of ether oxygens (including phenoxy) is 1. The molecule has 1 saturated heterocycles. The number of likely N-dealkylation sites (tertiary alicyclic amines) is 1. The highest BCUT2D eigenvalue weighted by Crippen LogP contribution is 2.61. The molecule has 228 valence electrons. The molecule has 1 aliphatic carbocycles. The first-order valence-corrected chi connectivity index (χ1v) is 14.7. The van der Waals surface area contributed by atoms with E-state index in [2.05, 4.69) is 10.6 Å². The van der Waals surface area contributed by atoms with E-state index in [-0.39, 0.29) is 27.8 Å². The van der Waals surface area contributed by atoms with Gasteiger partial charge in [0.15, 0.2) is 0 Å². The zero-order chi connectivity index (χ0) is 31.5. The number of amides is 2. The SMILES string of the molecule is COC(=O)c1ccc([N+](=O)[O-])c(NC(=O)[C@@H]2[C@H](C)N(CC3CC3)[C@@]3(C(=O)Nc4cc(Cl)ccc43)[C@H]2c2cccc(Cl)c2F)c1. The van der Waals surface area contributed by atoms with Gasteiger partial charge < -0.3 is 15.4 Å². The number of carbonyl (C=O) groups is 3. The van der Waals surface area contributed by atoms with E-state index in [0.717, 1.165) is 32.1 Å². The number of fused-ring (bicyclic) bond motifs is 2. The normalized spacial score (nSPS) is 24.2. The molecule has 2 amide bonds. The van der Waals surface area contributed by atoms with Crippen LogP contribution in [0.5, 0.6) is 0 Å². The van der Waals surface area contributed by atoms with E-state index in [0.29, 0.717) is 22.8 Å². The molecule has 3 aliphatic rings. The molecule has 3 aromatic rings. The van der Waals surface area contributed by atoms with Gasteiger partial charge in [-0.15, -0.1) is 0 Å². The second kappa shape index (κ2) is 11.1. The molecular weight excluding hydrogens is 614 g/mol. The molecule has 2 fully saturated rings. The van der Waals surface area contributed by atoms with Crippen LogP contribution in [-0.2, 0) is 19.9 Å². The van der Waals surface area contributed by atoms with Gasteiger partial charge >= 0.3 is 5.97 Å². The van der Waals surface area contributed by atoms with Crippen molar-refractivity contribution in [2.75, 3.05) is 24.3 Å². The highest BCUT2D eigenvalue weighted by atomic mass is 35.5. The predicted octanol–water partition coefficient (Wildman–Crippen LogP) is 6.13. The van der Waals surface area contributed by atoms with Crippen LogP contribution < -0.4 is 10.6 Å². The predicted molar refractivity (Wildman–Crippen MR) is 161 cm³/mol. The maximum Gasteiger partial charge on any atom is 0.337 e. The van der Waals surface area contributed by atoms with E-state index in [4.69, 9.17) is 27.9 Å². The number of esters is 1. The number of benzene rings is 3. The molecule has 3 aromatic carbocycles. The van der Waals surface area contributed by atoms with Crippen LogP contribution in [0.2, 0.25) is 10.0 Å². The van der Waals surface area contributed by atoms with Crippen LogP contribution in [0.15, 0.2) is 54.6 Å². The number of nitrogens with one attached hydrogen (secondary N) is 2. The molecule has 0 aromatic heterocycles. The van der Waals surface area contributed by atoms with Crippen molar-refractivity contribution in [2.24, 2.45) is 11.8 Å². The molecule has 1 spiro atoms. The molecule has 2 aliphatic heterocycles. The summed E-state index contributed by atoms with van der Waals surface area (Å²) in [6.45, 7) is 2.24. The minimum atomic E-state index is -1.53. The van der Waals surface area contributed by atoms with Gasteiger partial charge in [-0.05, 0) is 61.6 Å². The van der Waals surface area contributed by atoms with Gasteiger partial charge in [-0.3, -0.25) is 24.6 Å². The number of nitro groups is 1. The first kappa shape index (κ1) is 30.0. The van der Waals surface area contributed by atoms with Gasteiger partial charge in [-0.1, -0.05) is 41.4 Å². The minimum Gasteiger partial charge on any atom is -0.465 e. The summed E-state index contributed by atoms with van der Waals surface area (Å²) in [5, 5.41) is 17.7. The van der Waals surface area contributed by atoms with Crippen molar-refractivity contribution in [3.8, 4) is 0 Å². The van der Waals surface area contributed by atoms with Crippen LogP contribution in [0, 0.1) is 27.8 Å². The molecular formula is C31H27Cl2FN4O6. The summed E-state index contributed by atoms with van der Waals surface area (Å²) in [5.74, 6) is -4.61. The summed E-state index contributed by atoms with van der Waals surface area (Å²) < 4.78 is 20.8. The van der Waals surface area contributed by atoms with Gasteiger partial charge in [0.2, 0.25) is 11.8 Å². The van der Waals surface area contributed by atoms with Gasteiger partial charge in [-0.2, -0.15) is 0 Å². The molecule has 0 unspecified atom stereocenters. The monoisotopic (exact) mass is 640 g/mol. The van der Waals surface area contributed by atoms with Gasteiger partial charge in [0.1, 0.15) is 17.0 Å². The highest BCUT2D eigenvalue weighted by Gasteiger charge is 2.68. The van der Waals surface area contributed by atoms with Crippen LogP contribution in [0.1, 0.15) is 47.2 Å². The molecule has 6 rings (SSSR count). The number of halogens is 3. The van der Waals surface area contributed by atoms with Crippen molar-refractivity contribution < 1.29 is 28.4 Å². The summed E-state index contributed by atoms with van der Waals surface area (Å²) in [6, 6.07) is 12.2. The lowest BCUT2D eigenvalue weighted by Gasteiger charge is -2.39. The number of nitrogens with zero attached hydrogens (tertiary/aromatic N) is 2. The Morgan fingerprint density at radius 3 is 2.61 bits per heavy atom. The standard InChI is InChI=1S/C31H27Cl2FN4O6/c1-15-25(28(39)35-23-12-17(29(40)44-2)8-11-24(23)38(42)43)26(19-4-3-5-21(33)27(19)34)31(37(15)14-16-6-7-16)20-10-9-18(32)13-22(20)36-30(31)41/h3-5,8-13,15-16,25-26H,6-7,14H2,1-2H3,(H,35,39)(H,36,41)/t15-,25+,26-,31+/m0/s1. The van der Waals surface area contributed by atoms with Gasteiger partial charge in [-0.25, -0.2) is 9.18 Å². The molecule has 44 heavy (non-hydrogen) atoms. The zero-order valence-corrected chi connectivity index (χ0v) is 25.1. The lowest BCUT2D eigenvalue weighted by Crippen LogP contribution is -2.52. The lowest BCUT2D eigenvalue weighted by atomic mass is 9.71. The van der Waals surface area contributed by atoms with Crippen molar-refractivity contribution in [1.82, 2.24) is 4.90 Å². The number of methoxy groups -OCH3 is 1. The number of nitro benzene ring substituents is 1. The van der Waals surface area contributed by atoms with Crippen LogP contribution in [0.3, 0.4) is 0 Å². The third kappa shape index (κ3) is 4.70. The molecule has 0 bridgehead atoms. The van der Waals surface area contributed by atoms with Crippen molar-refractivity contribution in [1.29, 1.82) is 0 Å². The number of rotatable bonds is 7. The number of carbonyl (C=O) groups excluding carboxylic acids is 3. The van der Waals surface area contributed by atoms with Crippen LogP contribution in [0.4, 0.5) is 21.5 Å². The molecule has 13 heteroatoms. The number of anilines is 2. The fourth-order valence-corrected chi connectivity index (χ4v) is 7.17. The Balaban J connectivity index is 1.55. The molecule has 1 saturated carbocycles. The maximum absolute atomic E-state index is 16.0. The topological polar surface area (TPSA) is 131 Å². The van der Waals surface area contributed by atoms with E-state index >= 15 is 4.39 Å². The summed E-state index contributed by atoms with van der Waals surface area (Å²) in [7, 11) is 1.16. The van der Waals surface area contributed by atoms with Crippen molar-refractivity contribution >= 4 is 58.0 Å². The average Bonchev–Trinajstić information content (AvgIpc) is 3.72. The molecule has 10 nitrogen and oxygen atoms in total. The molecule has 0 radical (unpaired) electrons. The van der Waals surface area contributed by atoms with Crippen molar-refractivity contribution in [3.05, 3.63) is 97.3 Å². The van der Waals surface area contributed by atoms with E-state index in [9.17, 15) is 24.5 Å². The Kier molecular flexibility index (Phi) is 7.59. The first-order valence-electron chi connectivity index (χ1n) is 14.0. The second-order valence-corrected chi connectivity index (χ2v) is 12.2. The van der Waals surface area contributed by atoms with Crippen LogP contribution in [-0.4, -0.2) is 47.3 Å². The Labute approximate surface area is 261 Å². The number of hydrogen-bond acceptors (Lipinski definition) is 7. The average molecular weight is 641 g/mol. The van der Waals surface area contributed by atoms with E-state index in [1.807, 2.05) is 4.90 Å². The van der Waals surface area contributed by atoms with Gasteiger partial charge in [0.25, 0.3) is 5.69 Å². The Morgan fingerprint density at radius 1 is 1.18 bits per heavy atom. The quantitative estimate of drug-likeness (QED) is 0.180.